The van der Waals surface area contributed by atoms with Gasteiger partial charge in [-0.2, -0.15) is 0 Å². The zero-order valence-electron chi connectivity index (χ0n) is 14.7. The smallest absolute Gasteiger partial charge is 0.220 e. The molecule has 0 aliphatic carbocycles. The molecule has 1 amide bonds. The van der Waals surface area contributed by atoms with E-state index in [9.17, 15) is 4.79 Å². The van der Waals surface area contributed by atoms with Crippen molar-refractivity contribution in [1.82, 2.24) is 5.32 Å². The molecule has 0 bridgehead atoms. The van der Waals surface area contributed by atoms with Crippen molar-refractivity contribution in [2.75, 3.05) is 14.2 Å². The van der Waals surface area contributed by atoms with Crippen LogP contribution in [0.4, 0.5) is 0 Å². The lowest BCUT2D eigenvalue weighted by molar-refractivity contribution is -0.121. The Kier molecular flexibility index (Phi) is 8.88. The normalized spacial score (nSPS) is 11.0. The molecule has 23 heavy (non-hydrogen) atoms. The van der Waals surface area contributed by atoms with Gasteiger partial charge in [-0.3, -0.25) is 4.79 Å². The molecule has 0 unspecified atom stereocenters. The molecule has 0 saturated heterocycles. The fourth-order valence-electron chi connectivity index (χ4n) is 2.20. The highest BCUT2D eigenvalue weighted by molar-refractivity contribution is 5.75. The maximum absolute atomic E-state index is 11.8. The average Bonchev–Trinajstić information content (AvgIpc) is 2.55. The summed E-state index contributed by atoms with van der Waals surface area (Å²) in [6.45, 7) is 4.84. The summed E-state index contributed by atoms with van der Waals surface area (Å²) in [5.74, 6) is 2.06. The van der Waals surface area contributed by atoms with E-state index in [4.69, 9.17) is 9.47 Å². The maximum atomic E-state index is 11.8. The van der Waals surface area contributed by atoms with Gasteiger partial charge in [0.05, 0.1) is 14.2 Å². The molecular formula is C19H29NO3. The van der Waals surface area contributed by atoms with E-state index in [1.54, 1.807) is 14.2 Å². The van der Waals surface area contributed by atoms with Crippen LogP contribution in [0.5, 0.6) is 11.5 Å². The minimum Gasteiger partial charge on any atom is -0.493 e. The lowest BCUT2D eigenvalue weighted by atomic mass is 10.1. The third-order valence-electron chi connectivity index (χ3n) is 3.48. The number of hydrogen-bond acceptors (Lipinski definition) is 3. The molecule has 1 aromatic rings. The van der Waals surface area contributed by atoms with Crippen molar-refractivity contribution in [3.05, 3.63) is 35.9 Å². The molecule has 0 atom stereocenters. The first-order chi connectivity index (χ1) is 11.1. The third kappa shape index (κ3) is 7.73. The summed E-state index contributed by atoms with van der Waals surface area (Å²) in [5.41, 5.74) is 0.996. The summed E-state index contributed by atoms with van der Waals surface area (Å²) < 4.78 is 10.5. The summed E-state index contributed by atoms with van der Waals surface area (Å²) in [4.78, 5) is 11.8. The van der Waals surface area contributed by atoms with Crippen LogP contribution in [0, 0.1) is 5.92 Å². The largest absolute Gasteiger partial charge is 0.493 e. The van der Waals surface area contributed by atoms with Gasteiger partial charge in [0, 0.05) is 13.0 Å². The van der Waals surface area contributed by atoms with Gasteiger partial charge in [0.25, 0.3) is 0 Å². The summed E-state index contributed by atoms with van der Waals surface area (Å²) in [7, 11) is 3.21. The van der Waals surface area contributed by atoms with Gasteiger partial charge >= 0.3 is 0 Å². The molecule has 1 N–H and O–H groups in total. The fourth-order valence-corrected chi connectivity index (χ4v) is 2.20. The van der Waals surface area contributed by atoms with Crippen LogP contribution in [0.2, 0.25) is 0 Å². The van der Waals surface area contributed by atoms with E-state index in [2.05, 4.69) is 31.3 Å². The van der Waals surface area contributed by atoms with Gasteiger partial charge in [-0.25, -0.2) is 0 Å². The van der Waals surface area contributed by atoms with Crippen LogP contribution in [0.1, 0.15) is 45.1 Å². The molecule has 128 valence electrons. The van der Waals surface area contributed by atoms with Crippen LogP contribution in [-0.4, -0.2) is 20.1 Å². The van der Waals surface area contributed by atoms with E-state index in [1.807, 2.05) is 18.2 Å². The van der Waals surface area contributed by atoms with Gasteiger partial charge in [0.2, 0.25) is 5.91 Å². The number of benzene rings is 1. The number of nitrogens with one attached hydrogen (secondary N) is 1. The molecule has 0 aliphatic rings. The Morgan fingerprint density at radius 2 is 1.91 bits per heavy atom. The summed E-state index contributed by atoms with van der Waals surface area (Å²) >= 11 is 0. The quantitative estimate of drug-likeness (QED) is 0.522. The Morgan fingerprint density at radius 3 is 2.57 bits per heavy atom. The molecule has 4 nitrogen and oxygen atoms in total. The van der Waals surface area contributed by atoms with Crippen molar-refractivity contribution in [3.63, 3.8) is 0 Å². The first-order valence-electron chi connectivity index (χ1n) is 8.21. The van der Waals surface area contributed by atoms with E-state index >= 15 is 0 Å². The van der Waals surface area contributed by atoms with E-state index in [0.717, 1.165) is 24.8 Å². The predicted molar refractivity (Wildman–Crippen MR) is 93.8 cm³/mol. The third-order valence-corrected chi connectivity index (χ3v) is 3.48. The fraction of sp³-hybridized carbons (Fsp3) is 0.526. The van der Waals surface area contributed by atoms with Crippen molar-refractivity contribution in [2.24, 2.45) is 5.92 Å². The van der Waals surface area contributed by atoms with Crippen LogP contribution >= 0.6 is 0 Å². The van der Waals surface area contributed by atoms with Crippen LogP contribution < -0.4 is 14.8 Å². The molecule has 0 radical (unpaired) electrons. The lowest BCUT2D eigenvalue weighted by Crippen LogP contribution is -2.22. The monoisotopic (exact) mass is 319 g/mol. The Hall–Kier alpha value is -1.97. The highest BCUT2D eigenvalue weighted by Crippen LogP contribution is 2.27. The Balaban J connectivity index is 2.28. The number of hydrogen-bond donors (Lipinski definition) is 1. The zero-order valence-corrected chi connectivity index (χ0v) is 14.7. The van der Waals surface area contributed by atoms with E-state index < -0.39 is 0 Å². The van der Waals surface area contributed by atoms with Crippen LogP contribution in [0.3, 0.4) is 0 Å². The molecule has 1 aromatic carbocycles. The van der Waals surface area contributed by atoms with Crippen molar-refractivity contribution in [3.8, 4) is 11.5 Å². The second kappa shape index (κ2) is 10.7. The number of carbonyl (C=O) groups excluding carboxylic acids is 1. The maximum Gasteiger partial charge on any atom is 0.220 e. The molecular weight excluding hydrogens is 290 g/mol. The highest BCUT2D eigenvalue weighted by Gasteiger charge is 2.06. The van der Waals surface area contributed by atoms with E-state index in [-0.39, 0.29) is 5.91 Å². The molecule has 0 spiro atoms. The first kappa shape index (κ1) is 19.1. The lowest BCUT2D eigenvalue weighted by Gasteiger charge is -2.10. The minimum atomic E-state index is 0.0904. The number of allylic oxidation sites excluding steroid dienone is 2. The minimum absolute atomic E-state index is 0.0904. The summed E-state index contributed by atoms with van der Waals surface area (Å²) in [6.07, 6.45) is 7.99. The Bertz CT molecular complexity index is 509. The van der Waals surface area contributed by atoms with Gasteiger partial charge in [0.1, 0.15) is 0 Å². The second-order valence-corrected chi connectivity index (χ2v) is 5.88. The first-order valence-corrected chi connectivity index (χ1v) is 8.21. The number of ether oxygens (including phenoxy) is 2. The Labute approximate surface area is 139 Å². The summed E-state index contributed by atoms with van der Waals surface area (Å²) in [6, 6.07) is 5.66. The van der Waals surface area contributed by atoms with Crippen molar-refractivity contribution < 1.29 is 14.3 Å². The van der Waals surface area contributed by atoms with Gasteiger partial charge in [-0.1, -0.05) is 32.1 Å². The highest BCUT2D eigenvalue weighted by atomic mass is 16.5. The molecule has 0 aromatic heterocycles. The van der Waals surface area contributed by atoms with Crippen molar-refractivity contribution in [2.45, 2.75) is 46.1 Å². The van der Waals surface area contributed by atoms with Gasteiger partial charge < -0.3 is 14.8 Å². The zero-order chi connectivity index (χ0) is 17.1. The van der Waals surface area contributed by atoms with E-state index in [0.29, 0.717) is 30.4 Å². The molecule has 0 aliphatic heterocycles. The second-order valence-electron chi connectivity index (χ2n) is 5.88. The number of methoxy groups -OCH3 is 2. The number of amides is 1. The topological polar surface area (TPSA) is 47.6 Å². The SMILES string of the molecule is COc1ccc(CNC(=O)CCCC/C=C/C(C)C)cc1OC. The van der Waals surface area contributed by atoms with Gasteiger partial charge in [-0.15, -0.1) is 0 Å². The standard InChI is InChI=1S/C19H29NO3/c1-15(2)9-7-5-6-8-10-19(21)20-14-16-11-12-17(22-3)18(13-16)23-4/h7,9,11-13,15H,5-6,8,10,14H2,1-4H3,(H,20,21)/b9-7+. The van der Waals surface area contributed by atoms with E-state index in [1.165, 1.54) is 0 Å². The molecule has 0 saturated carbocycles. The van der Waals surface area contributed by atoms with Crippen LogP contribution in [0.15, 0.2) is 30.4 Å². The van der Waals surface area contributed by atoms with Gasteiger partial charge in [0.15, 0.2) is 11.5 Å². The number of unbranched alkanes of at least 4 members (excludes halogenated alkanes) is 2. The molecule has 0 fully saturated rings. The van der Waals surface area contributed by atoms with Crippen molar-refractivity contribution in [1.29, 1.82) is 0 Å². The van der Waals surface area contributed by atoms with Gasteiger partial charge in [-0.05, 0) is 42.9 Å². The number of rotatable bonds is 10. The molecule has 0 heterocycles. The average molecular weight is 319 g/mol. The summed E-state index contributed by atoms with van der Waals surface area (Å²) in [5, 5.41) is 2.94. The van der Waals surface area contributed by atoms with Crippen LogP contribution in [0.25, 0.3) is 0 Å². The molecule has 1 rings (SSSR count). The molecule has 4 heteroatoms. The number of carbonyl (C=O) groups is 1. The van der Waals surface area contributed by atoms with Crippen LogP contribution in [-0.2, 0) is 11.3 Å². The Morgan fingerprint density at radius 1 is 1.17 bits per heavy atom. The van der Waals surface area contributed by atoms with Crippen molar-refractivity contribution >= 4 is 5.91 Å². The predicted octanol–water partition coefficient (Wildman–Crippen LogP) is 4.09.